The van der Waals surface area contributed by atoms with Crippen LogP contribution in [0.3, 0.4) is 0 Å². The van der Waals surface area contributed by atoms with Gasteiger partial charge < -0.3 is 9.13 Å². The minimum atomic E-state index is -2.77. The van der Waals surface area contributed by atoms with Gasteiger partial charge in [-0.3, -0.25) is 0 Å². The van der Waals surface area contributed by atoms with Crippen LogP contribution < -0.4 is 20.7 Å². The fraction of sp³-hybridized carbons (Fsp3) is 0.100. The van der Waals surface area contributed by atoms with Crippen LogP contribution in [0.5, 0.6) is 0 Å². The molecule has 0 atom stereocenters. The quantitative estimate of drug-likeness (QED) is 0.107. The highest BCUT2D eigenvalue weighted by molar-refractivity contribution is 7.19. The highest BCUT2D eigenvalue weighted by Crippen LogP contribution is 2.42. The molecule has 3 heteroatoms. The zero-order chi connectivity index (χ0) is 41.7. The zero-order valence-corrected chi connectivity index (χ0v) is 36.4. The molecule has 0 radical (unpaired) electrons. The van der Waals surface area contributed by atoms with Crippen molar-refractivity contribution in [3.63, 3.8) is 0 Å². The SMILES string of the molecule is c1ccc(-c2ccc([Si](c3ccccc3)(c3ccccc3)c3ccc(-n4c5ccccc5c5ccc(-n6c7ccccc7c7cccc(C8CCCCC8)c76)cc54)cc3)cc2)cc1. The summed E-state index contributed by atoms with van der Waals surface area (Å²) in [5.74, 6) is 0.587. The fourth-order valence-electron chi connectivity index (χ4n) is 11.2. The molecule has 12 rings (SSSR count). The normalized spacial score (nSPS) is 13.7. The van der Waals surface area contributed by atoms with Crippen LogP contribution in [-0.4, -0.2) is 17.2 Å². The molecule has 0 aliphatic heterocycles. The Hall–Kier alpha value is -7.20. The van der Waals surface area contributed by atoms with E-state index in [4.69, 9.17) is 0 Å². The molecule has 0 spiro atoms. The molecule has 0 unspecified atom stereocenters. The van der Waals surface area contributed by atoms with E-state index in [1.807, 2.05) is 0 Å². The van der Waals surface area contributed by atoms with Gasteiger partial charge in [-0.25, -0.2) is 0 Å². The number of aromatic nitrogens is 2. The standard InChI is InChI=1S/C60H48N2Si/c1-5-18-43(19-6-1)44-32-37-50(38-33-44)63(48-22-9-3-10-23-48,49-24-11-4-12-25-49)51-39-34-46(35-40-51)61-57-30-15-13-26-53(57)55-41-36-47(42-59(55)61)62-58-31-16-14-27-54(58)56-29-17-28-52(60(56)62)45-20-7-2-8-21-45/h1,3-6,9-19,22-42,45H,2,7-8,20-21H2. The molecule has 63 heavy (non-hydrogen) atoms. The van der Waals surface area contributed by atoms with Crippen LogP contribution in [0.2, 0.25) is 0 Å². The Balaban J connectivity index is 1.06. The average Bonchev–Trinajstić information content (AvgIpc) is 3.89. The van der Waals surface area contributed by atoms with E-state index in [0.717, 1.165) is 5.69 Å². The summed E-state index contributed by atoms with van der Waals surface area (Å²) in [4.78, 5) is 0. The van der Waals surface area contributed by atoms with Gasteiger partial charge in [-0.15, -0.1) is 0 Å². The molecule has 2 aromatic heterocycles. The first-order chi connectivity index (χ1) is 31.3. The minimum Gasteiger partial charge on any atom is -0.309 e. The Morgan fingerprint density at radius 3 is 1.46 bits per heavy atom. The van der Waals surface area contributed by atoms with E-state index < -0.39 is 8.07 Å². The van der Waals surface area contributed by atoms with Crippen LogP contribution in [0.25, 0.3) is 66.1 Å². The van der Waals surface area contributed by atoms with Crippen molar-refractivity contribution in [3.05, 3.63) is 230 Å². The van der Waals surface area contributed by atoms with Gasteiger partial charge in [0, 0.05) is 32.9 Å². The van der Waals surface area contributed by atoms with Crippen molar-refractivity contribution in [2.45, 2.75) is 38.0 Å². The number of nitrogens with zero attached hydrogens (tertiary/aromatic N) is 2. The molecule has 0 amide bonds. The van der Waals surface area contributed by atoms with Crippen molar-refractivity contribution in [1.82, 2.24) is 9.13 Å². The second kappa shape index (κ2) is 15.6. The van der Waals surface area contributed by atoms with Crippen LogP contribution in [0.1, 0.15) is 43.6 Å². The van der Waals surface area contributed by atoms with E-state index in [1.54, 1.807) is 0 Å². The smallest absolute Gasteiger partial charge is 0.179 e. The van der Waals surface area contributed by atoms with Crippen molar-refractivity contribution in [2.24, 2.45) is 0 Å². The van der Waals surface area contributed by atoms with Crippen molar-refractivity contribution in [1.29, 1.82) is 0 Å². The number of para-hydroxylation sites is 3. The summed E-state index contributed by atoms with van der Waals surface area (Å²) in [6.45, 7) is 0. The molecule has 1 aliphatic rings. The Bertz CT molecular complexity index is 3360. The maximum absolute atomic E-state index is 2.77. The lowest BCUT2D eigenvalue weighted by Crippen LogP contribution is -2.74. The molecule has 1 aliphatic carbocycles. The third-order valence-electron chi connectivity index (χ3n) is 14.1. The van der Waals surface area contributed by atoms with Crippen LogP contribution in [0.15, 0.2) is 224 Å². The molecule has 11 aromatic rings. The van der Waals surface area contributed by atoms with Gasteiger partial charge >= 0.3 is 0 Å². The monoisotopic (exact) mass is 824 g/mol. The summed E-state index contributed by atoms with van der Waals surface area (Å²) < 4.78 is 5.07. The van der Waals surface area contributed by atoms with E-state index in [9.17, 15) is 0 Å². The second-order valence-electron chi connectivity index (χ2n) is 17.5. The summed E-state index contributed by atoms with van der Waals surface area (Å²) in [5, 5.41) is 10.7. The van der Waals surface area contributed by atoms with Crippen LogP contribution in [-0.2, 0) is 0 Å². The molecule has 1 saturated carbocycles. The lowest BCUT2D eigenvalue weighted by molar-refractivity contribution is 0.445. The van der Waals surface area contributed by atoms with Gasteiger partial charge in [0.05, 0.1) is 22.1 Å². The molecule has 9 aromatic carbocycles. The molecular weight excluding hydrogens is 777 g/mol. The maximum Gasteiger partial charge on any atom is 0.179 e. The average molecular weight is 825 g/mol. The number of hydrogen-bond acceptors (Lipinski definition) is 0. The van der Waals surface area contributed by atoms with Crippen LogP contribution in [0, 0.1) is 0 Å². The van der Waals surface area contributed by atoms with Crippen molar-refractivity contribution in [2.75, 3.05) is 0 Å². The van der Waals surface area contributed by atoms with Gasteiger partial charge in [0.25, 0.3) is 0 Å². The van der Waals surface area contributed by atoms with Gasteiger partial charge in [-0.1, -0.05) is 207 Å². The van der Waals surface area contributed by atoms with Crippen LogP contribution >= 0.6 is 0 Å². The third-order valence-corrected chi connectivity index (χ3v) is 18.9. The second-order valence-corrected chi connectivity index (χ2v) is 21.3. The zero-order valence-electron chi connectivity index (χ0n) is 35.4. The van der Waals surface area contributed by atoms with Crippen LogP contribution in [0.4, 0.5) is 0 Å². The highest BCUT2D eigenvalue weighted by atomic mass is 28.3. The Morgan fingerprint density at radius 1 is 0.333 bits per heavy atom. The van der Waals surface area contributed by atoms with Gasteiger partial charge in [0.2, 0.25) is 0 Å². The van der Waals surface area contributed by atoms with Crippen molar-refractivity contribution in [3.8, 4) is 22.5 Å². The van der Waals surface area contributed by atoms with Gasteiger partial charge in [0.1, 0.15) is 0 Å². The summed E-state index contributed by atoms with van der Waals surface area (Å²) in [6.07, 6.45) is 6.50. The maximum atomic E-state index is 2.57. The first-order valence-electron chi connectivity index (χ1n) is 22.7. The van der Waals surface area contributed by atoms with E-state index in [2.05, 4.69) is 234 Å². The minimum absolute atomic E-state index is 0.587. The summed E-state index contributed by atoms with van der Waals surface area (Å²) in [6, 6.07) is 84.4. The van der Waals surface area contributed by atoms with E-state index >= 15 is 0 Å². The summed E-state index contributed by atoms with van der Waals surface area (Å²) >= 11 is 0. The van der Waals surface area contributed by atoms with Crippen molar-refractivity contribution < 1.29 is 0 Å². The van der Waals surface area contributed by atoms with E-state index in [0.29, 0.717) is 5.92 Å². The fourth-order valence-corrected chi connectivity index (χ4v) is 15.9. The van der Waals surface area contributed by atoms with Gasteiger partial charge in [-0.2, -0.15) is 0 Å². The molecule has 1 fully saturated rings. The molecular formula is C60H48N2Si. The Kier molecular flexibility index (Phi) is 9.30. The van der Waals surface area contributed by atoms with E-state index in [1.165, 1.54) is 119 Å². The highest BCUT2D eigenvalue weighted by Gasteiger charge is 2.41. The number of rotatable bonds is 8. The lowest BCUT2D eigenvalue weighted by Gasteiger charge is -2.34. The number of benzene rings is 9. The third kappa shape index (κ3) is 6.13. The molecule has 2 heterocycles. The Labute approximate surface area is 370 Å². The molecule has 2 nitrogen and oxygen atoms in total. The van der Waals surface area contributed by atoms with E-state index in [-0.39, 0.29) is 0 Å². The predicted octanol–water partition coefficient (Wildman–Crippen LogP) is 13.0. The van der Waals surface area contributed by atoms with Gasteiger partial charge in [0.15, 0.2) is 8.07 Å². The number of hydrogen-bond donors (Lipinski definition) is 0. The number of fused-ring (bicyclic) bond motifs is 6. The van der Waals surface area contributed by atoms with Gasteiger partial charge in [-0.05, 0) is 92.6 Å². The summed E-state index contributed by atoms with van der Waals surface area (Å²) in [5.41, 5.74) is 11.4. The summed E-state index contributed by atoms with van der Waals surface area (Å²) in [7, 11) is -2.77. The molecule has 0 N–H and O–H groups in total. The Morgan fingerprint density at radius 2 is 0.810 bits per heavy atom. The van der Waals surface area contributed by atoms with Crippen molar-refractivity contribution >= 4 is 72.4 Å². The lowest BCUT2D eigenvalue weighted by atomic mass is 9.83. The predicted molar refractivity (Wildman–Crippen MR) is 270 cm³/mol. The largest absolute Gasteiger partial charge is 0.309 e. The first kappa shape index (κ1) is 37.5. The topological polar surface area (TPSA) is 9.86 Å². The first-order valence-corrected chi connectivity index (χ1v) is 24.7. The molecule has 302 valence electrons. The molecule has 0 saturated heterocycles. The molecule has 0 bridgehead atoms.